The molecule has 1 unspecified atom stereocenters. The van der Waals surface area contributed by atoms with E-state index in [1.807, 2.05) is 48.5 Å². The molecule has 0 spiro atoms. The van der Waals surface area contributed by atoms with E-state index in [2.05, 4.69) is 10.3 Å². The maximum atomic E-state index is 12.8. The van der Waals surface area contributed by atoms with Crippen molar-refractivity contribution in [3.8, 4) is 0 Å². The highest BCUT2D eigenvalue weighted by Crippen LogP contribution is 2.26. The Labute approximate surface area is 173 Å². The lowest BCUT2D eigenvalue weighted by Gasteiger charge is -2.21. The van der Waals surface area contributed by atoms with Crippen molar-refractivity contribution in [1.29, 1.82) is 0 Å². The van der Waals surface area contributed by atoms with Crippen molar-refractivity contribution in [2.75, 3.05) is 5.75 Å². The summed E-state index contributed by atoms with van der Waals surface area (Å²) < 4.78 is 26.4. The Hall–Kier alpha value is -2.77. The van der Waals surface area contributed by atoms with Gasteiger partial charge in [-0.25, -0.2) is 13.4 Å². The molecular formula is C22H20N2O3S2. The van der Waals surface area contributed by atoms with E-state index in [-0.39, 0.29) is 16.3 Å². The van der Waals surface area contributed by atoms with Gasteiger partial charge in [0, 0.05) is 4.70 Å². The van der Waals surface area contributed by atoms with Crippen LogP contribution < -0.4 is 10.9 Å². The summed E-state index contributed by atoms with van der Waals surface area (Å²) in [6, 6.07) is 16.7. The van der Waals surface area contributed by atoms with Crippen LogP contribution in [-0.2, 0) is 16.3 Å². The minimum atomic E-state index is -3.45. The molecule has 2 aromatic carbocycles. The summed E-state index contributed by atoms with van der Waals surface area (Å²) in [7, 11) is -3.45. The lowest BCUT2D eigenvalue weighted by Crippen LogP contribution is -2.29. The average Bonchev–Trinajstić information content (AvgIpc) is 2.74. The molecule has 2 heterocycles. The van der Waals surface area contributed by atoms with E-state index in [0.29, 0.717) is 23.2 Å². The fourth-order valence-electron chi connectivity index (χ4n) is 3.22. The van der Waals surface area contributed by atoms with Gasteiger partial charge in [0.2, 0.25) is 0 Å². The zero-order valence-electron chi connectivity index (χ0n) is 15.6. The molecule has 1 aliphatic heterocycles. The third kappa shape index (κ3) is 4.46. The van der Waals surface area contributed by atoms with Crippen LogP contribution in [0.15, 0.2) is 82.6 Å². The summed E-state index contributed by atoms with van der Waals surface area (Å²) in [5.74, 6) is 0.0582. The van der Waals surface area contributed by atoms with Crippen molar-refractivity contribution in [3.63, 3.8) is 0 Å². The number of hydrogen-bond donors (Lipinski definition) is 1. The standard InChI is InChI=1S/C22H20N2O3S2/c25-21-17-11-4-5-13-19(17)28-22(24-21)18-12-6-14-20(23-18)29(26,27)15-7-10-16-8-2-1-3-9-16/h1-6,8-9,11-14,18,23H,7,10,15H2. The number of aryl methyl sites for hydroxylation is 1. The van der Waals surface area contributed by atoms with Gasteiger partial charge in [-0.1, -0.05) is 54.6 Å². The number of rotatable bonds is 6. The van der Waals surface area contributed by atoms with E-state index in [4.69, 9.17) is 0 Å². The second kappa shape index (κ2) is 8.31. The van der Waals surface area contributed by atoms with Crippen molar-refractivity contribution in [2.45, 2.75) is 18.9 Å². The van der Waals surface area contributed by atoms with E-state index in [9.17, 15) is 13.2 Å². The molecule has 0 saturated carbocycles. The van der Waals surface area contributed by atoms with E-state index in [1.54, 1.807) is 24.3 Å². The number of sulfone groups is 1. The molecule has 0 radical (unpaired) electrons. The van der Waals surface area contributed by atoms with Crippen LogP contribution in [0.1, 0.15) is 23.0 Å². The summed E-state index contributed by atoms with van der Waals surface area (Å²) in [4.78, 5) is 16.5. The topological polar surface area (TPSA) is 76.1 Å². The lowest BCUT2D eigenvalue weighted by atomic mass is 10.1. The molecule has 4 rings (SSSR count). The normalized spacial score (nSPS) is 16.4. The Morgan fingerprint density at radius 3 is 2.62 bits per heavy atom. The summed E-state index contributed by atoms with van der Waals surface area (Å²) >= 11 is 1.39. The summed E-state index contributed by atoms with van der Waals surface area (Å²) in [5.41, 5.74) is 0.822. The van der Waals surface area contributed by atoms with Crippen LogP contribution >= 0.6 is 11.3 Å². The first-order valence-corrected chi connectivity index (χ1v) is 11.8. The van der Waals surface area contributed by atoms with Crippen LogP contribution in [0.3, 0.4) is 0 Å². The van der Waals surface area contributed by atoms with Gasteiger partial charge in [0.1, 0.15) is 10.0 Å². The first-order valence-electron chi connectivity index (χ1n) is 9.34. The molecule has 0 saturated heterocycles. The number of aromatic nitrogens is 1. The van der Waals surface area contributed by atoms with Crippen LogP contribution in [0.5, 0.6) is 0 Å². The zero-order chi connectivity index (χ0) is 20.3. The Bertz CT molecular complexity index is 1250. The van der Waals surface area contributed by atoms with Crippen molar-refractivity contribution in [2.24, 2.45) is 0 Å². The lowest BCUT2D eigenvalue weighted by molar-refractivity contribution is 0.590. The number of dihydropyridines is 1. The smallest absolute Gasteiger partial charge is 0.279 e. The Balaban J connectivity index is 1.48. The summed E-state index contributed by atoms with van der Waals surface area (Å²) in [6.45, 7) is 0. The Kier molecular flexibility index (Phi) is 5.60. The van der Waals surface area contributed by atoms with E-state index in [1.165, 1.54) is 11.3 Å². The maximum Gasteiger partial charge on any atom is 0.279 e. The van der Waals surface area contributed by atoms with Crippen molar-refractivity contribution in [1.82, 2.24) is 10.3 Å². The molecule has 1 aromatic heterocycles. The maximum absolute atomic E-state index is 12.8. The van der Waals surface area contributed by atoms with Crippen LogP contribution in [0.4, 0.5) is 0 Å². The second-order valence-electron chi connectivity index (χ2n) is 6.80. The fourth-order valence-corrected chi connectivity index (χ4v) is 5.59. The molecule has 29 heavy (non-hydrogen) atoms. The number of nitrogens with zero attached hydrogens (tertiary/aromatic N) is 1. The van der Waals surface area contributed by atoms with Gasteiger partial charge >= 0.3 is 0 Å². The predicted octanol–water partition coefficient (Wildman–Crippen LogP) is 3.75. The summed E-state index contributed by atoms with van der Waals surface area (Å²) in [5, 5.41) is 4.35. The minimum Gasteiger partial charge on any atom is -0.363 e. The first-order chi connectivity index (χ1) is 14.0. The van der Waals surface area contributed by atoms with Crippen molar-refractivity contribution < 1.29 is 8.42 Å². The molecule has 5 nitrogen and oxygen atoms in total. The molecule has 0 aliphatic carbocycles. The second-order valence-corrected chi connectivity index (χ2v) is 9.94. The highest BCUT2D eigenvalue weighted by molar-refractivity contribution is 7.95. The number of allylic oxidation sites excluding steroid dienone is 2. The molecule has 0 bridgehead atoms. The Morgan fingerprint density at radius 2 is 1.79 bits per heavy atom. The molecule has 0 amide bonds. The van der Waals surface area contributed by atoms with Gasteiger partial charge in [0.05, 0.1) is 17.2 Å². The number of nitrogens with one attached hydrogen (secondary N) is 1. The quantitative estimate of drug-likeness (QED) is 0.652. The van der Waals surface area contributed by atoms with Crippen LogP contribution in [-0.4, -0.2) is 19.2 Å². The van der Waals surface area contributed by atoms with Gasteiger partial charge in [-0.05, 0) is 36.6 Å². The third-order valence-corrected chi connectivity index (χ3v) is 7.60. The monoisotopic (exact) mass is 424 g/mol. The Morgan fingerprint density at radius 1 is 1.03 bits per heavy atom. The molecule has 1 N–H and O–H groups in total. The highest BCUT2D eigenvalue weighted by Gasteiger charge is 2.24. The van der Waals surface area contributed by atoms with E-state index in [0.717, 1.165) is 10.3 Å². The third-order valence-electron chi connectivity index (χ3n) is 4.72. The highest BCUT2D eigenvalue weighted by atomic mass is 32.2. The van der Waals surface area contributed by atoms with Crippen molar-refractivity contribution in [3.05, 3.63) is 98.8 Å². The van der Waals surface area contributed by atoms with Gasteiger partial charge in [-0.2, -0.15) is 0 Å². The average molecular weight is 425 g/mol. The molecular weight excluding hydrogens is 404 g/mol. The number of benzene rings is 2. The minimum absolute atomic E-state index is 0.0582. The van der Waals surface area contributed by atoms with Gasteiger partial charge in [-0.3, -0.25) is 4.79 Å². The van der Waals surface area contributed by atoms with Crippen molar-refractivity contribution >= 4 is 31.3 Å². The fraction of sp³-hybridized carbons (Fsp3) is 0.182. The SMILES string of the molecule is O=c1nc(C2C=CC=C(S(=O)(=O)CCCc3ccccc3)N2)sc2ccccc12. The van der Waals surface area contributed by atoms with Gasteiger partial charge in [-0.15, -0.1) is 11.3 Å². The van der Waals surface area contributed by atoms with Gasteiger partial charge < -0.3 is 5.32 Å². The predicted molar refractivity (Wildman–Crippen MR) is 118 cm³/mol. The molecule has 7 heteroatoms. The number of hydrogen-bond acceptors (Lipinski definition) is 6. The van der Waals surface area contributed by atoms with E-state index >= 15 is 0 Å². The van der Waals surface area contributed by atoms with Crippen LogP contribution in [0.25, 0.3) is 10.1 Å². The van der Waals surface area contributed by atoms with Crippen LogP contribution in [0, 0.1) is 0 Å². The molecule has 1 aliphatic rings. The molecule has 0 fully saturated rings. The summed E-state index contributed by atoms with van der Waals surface area (Å²) in [6.07, 6.45) is 6.34. The zero-order valence-corrected chi connectivity index (χ0v) is 17.2. The molecule has 148 valence electrons. The van der Waals surface area contributed by atoms with E-state index < -0.39 is 15.9 Å². The largest absolute Gasteiger partial charge is 0.363 e. The molecule has 1 atom stereocenters. The number of fused-ring (bicyclic) bond motifs is 1. The van der Waals surface area contributed by atoms with Gasteiger partial charge in [0.15, 0.2) is 9.84 Å². The van der Waals surface area contributed by atoms with Gasteiger partial charge in [0.25, 0.3) is 5.56 Å². The molecule has 3 aromatic rings. The first kappa shape index (κ1) is 19.5. The van der Waals surface area contributed by atoms with Crippen LogP contribution in [0.2, 0.25) is 0 Å².